The summed E-state index contributed by atoms with van der Waals surface area (Å²) in [4.78, 5) is 3.64. The van der Waals surface area contributed by atoms with Crippen LogP contribution in [-0.2, 0) is 6.18 Å². The molecule has 2 rings (SSSR count). The van der Waals surface area contributed by atoms with Gasteiger partial charge in [0.25, 0.3) is 0 Å². The zero-order valence-corrected chi connectivity index (χ0v) is 11.5. The fraction of sp³-hybridized carbons (Fsp3) is 0.615. The molecule has 1 fully saturated rings. The van der Waals surface area contributed by atoms with Gasteiger partial charge in [-0.05, 0) is 37.1 Å². The van der Waals surface area contributed by atoms with E-state index in [1.807, 2.05) is 11.8 Å². The molecule has 1 heterocycles. The van der Waals surface area contributed by atoms with Gasteiger partial charge >= 0.3 is 6.18 Å². The Kier molecular flexibility index (Phi) is 4.60. The van der Waals surface area contributed by atoms with Gasteiger partial charge in [-0.2, -0.15) is 24.9 Å². The van der Waals surface area contributed by atoms with E-state index in [1.165, 1.54) is 6.07 Å². The van der Waals surface area contributed by atoms with Crippen LogP contribution in [0.2, 0.25) is 0 Å². The summed E-state index contributed by atoms with van der Waals surface area (Å²) in [6.45, 7) is 2.12. The Morgan fingerprint density at radius 3 is 2.84 bits per heavy atom. The maximum absolute atomic E-state index is 12.6. The van der Waals surface area contributed by atoms with E-state index in [-0.39, 0.29) is 6.04 Å². The Morgan fingerprint density at radius 2 is 2.16 bits per heavy atom. The van der Waals surface area contributed by atoms with Crippen molar-refractivity contribution < 1.29 is 13.2 Å². The third-order valence-electron chi connectivity index (χ3n) is 3.18. The van der Waals surface area contributed by atoms with Gasteiger partial charge in [-0.25, -0.2) is 4.98 Å². The second-order valence-corrected chi connectivity index (χ2v) is 6.21. The van der Waals surface area contributed by atoms with Crippen LogP contribution < -0.4 is 5.32 Å². The molecular weight excluding hydrogens is 273 g/mol. The van der Waals surface area contributed by atoms with Crippen molar-refractivity contribution in [1.29, 1.82) is 0 Å². The molecule has 2 nitrogen and oxygen atoms in total. The first kappa shape index (κ1) is 14.5. The average Bonchev–Trinajstić information content (AvgIpc) is 2.76. The smallest absolute Gasteiger partial charge is 0.367 e. The van der Waals surface area contributed by atoms with Crippen molar-refractivity contribution in [3.8, 4) is 0 Å². The highest BCUT2D eigenvalue weighted by molar-refractivity contribution is 7.99. The third-order valence-corrected chi connectivity index (χ3v) is 4.41. The molecule has 0 bridgehead atoms. The van der Waals surface area contributed by atoms with Gasteiger partial charge in [0, 0.05) is 11.3 Å². The molecule has 1 aliphatic rings. The summed E-state index contributed by atoms with van der Waals surface area (Å²) >= 11 is 1.92. The summed E-state index contributed by atoms with van der Waals surface area (Å²) in [5, 5.41) is 3.74. The topological polar surface area (TPSA) is 24.9 Å². The summed E-state index contributed by atoms with van der Waals surface area (Å²) in [6, 6.07) is 4.22. The molecule has 106 valence electrons. The molecule has 1 aromatic heterocycles. The first-order valence-electron chi connectivity index (χ1n) is 6.41. The molecule has 6 heteroatoms. The summed E-state index contributed by atoms with van der Waals surface area (Å²) in [6.07, 6.45) is -1.27. The predicted octanol–water partition coefficient (Wildman–Crippen LogP) is 4.19. The lowest BCUT2D eigenvalue weighted by molar-refractivity contribution is -0.141. The molecule has 0 spiro atoms. The first-order chi connectivity index (χ1) is 8.99. The second kappa shape index (κ2) is 6.03. The normalized spacial score (nSPS) is 23.6. The van der Waals surface area contributed by atoms with Crippen molar-refractivity contribution in [2.45, 2.75) is 43.7 Å². The third kappa shape index (κ3) is 4.03. The highest BCUT2D eigenvalue weighted by Gasteiger charge is 2.33. The minimum absolute atomic E-state index is 0.236. The number of thioether (sulfide) groups is 1. The van der Waals surface area contributed by atoms with E-state index in [0.717, 1.165) is 31.1 Å². The lowest BCUT2D eigenvalue weighted by atomic mass is 10.2. The van der Waals surface area contributed by atoms with E-state index >= 15 is 0 Å². The summed E-state index contributed by atoms with van der Waals surface area (Å²) in [5.41, 5.74) is -0.838. The van der Waals surface area contributed by atoms with E-state index in [1.54, 1.807) is 6.07 Å². The molecule has 19 heavy (non-hydrogen) atoms. The molecule has 1 saturated carbocycles. The molecule has 0 saturated heterocycles. The molecule has 0 aromatic carbocycles. The minimum atomic E-state index is -4.38. The number of pyridine rings is 1. The quantitative estimate of drug-likeness (QED) is 0.900. The highest BCUT2D eigenvalue weighted by atomic mass is 32.2. The number of hydrogen-bond donors (Lipinski definition) is 1. The Hall–Kier alpha value is -0.910. The lowest BCUT2D eigenvalue weighted by Crippen LogP contribution is -2.18. The average molecular weight is 290 g/mol. The molecule has 2 atom stereocenters. The molecule has 0 amide bonds. The van der Waals surface area contributed by atoms with E-state index in [9.17, 15) is 13.2 Å². The Bertz CT molecular complexity index is 423. The van der Waals surface area contributed by atoms with Crippen LogP contribution in [0.1, 0.15) is 31.9 Å². The molecule has 0 aliphatic heterocycles. The zero-order chi connectivity index (χ0) is 13.9. The second-order valence-electron chi connectivity index (χ2n) is 4.64. The minimum Gasteiger partial charge on any atom is -0.367 e. The monoisotopic (exact) mass is 290 g/mol. The fourth-order valence-electron chi connectivity index (χ4n) is 2.34. The van der Waals surface area contributed by atoms with Crippen LogP contribution in [0.15, 0.2) is 18.2 Å². The number of nitrogens with one attached hydrogen (secondary N) is 1. The molecule has 1 aliphatic carbocycles. The van der Waals surface area contributed by atoms with E-state index in [2.05, 4.69) is 17.2 Å². The van der Waals surface area contributed by atoms with Crippen LogP contribution in [0.4, 0.5) is 19.0 Å². The number of hydrogen-bond acceptors (Lipinski definition) is 3. The number of nitrogens with zero attached hydrogens (tertiary/aromatic N) is 1. The first-order valence-corrected chi connectivity index (χ1v) is 7.46. The number of alkyl halides is 3. The van der Waals surface area contributed by atoms with Crippen LogP contribution >= 0.6 is 11.8 Å². The van der Waals surface area contributed by atoms with Gasteiger partial charge in [0.05, 0.1) is 0 Å². The van der Waals surface area contributed by atoms with Crippen molar-refractivity contribution in [2.24, 2.45) is 0 Å². The maximum atomic E-state index is 12.6. The van der Waals surface area contributed by atoms with Crippen LogP contribution in [-0.4, -0.2) is 22.0 Å². The molecule has 2 unspecified atom stereocenters. The number of anilines is 1. The van der Waals surface area contributed by atoms with E-state index in [0.29, 0.717) is 11.1 Å². The van der Waals surface area contributed by atoms with E-state index in [4.69, 9.17) is 0 Å². The molecule has 0 radical (unpaired) electrons. The van der Waals surface area contributed by atoms with Crippen molar-refractivity contribution in [2.75, 3.05) is 11.1 Å². The van der Waals surface area contributed by atoms with Crippen LogP contribution in [0.25, 0.3) is 0 Å². The predicted molar refractivity (Wildman–Crippen MR) is 72.4 cm³/mol. The molecular formula is C13H17F3N2S. The number of halogens is 3. The Morgan fingerprint density at radius 1 is 1.37 bits per heavy atom. The van der Waals surface area contributed by atoms with Crippen LogP contribution in [0, 0.1) is 0 Å². The summed E-state index contributed by atoms with van der Waals surface area (Å²) in [5.74, 6) is 1.40. The van der Waals surface area contributed by atoms with Gasteiger partial charge in [0.15, 0.2) is 0 Å². The van der Waals surface area contributed by atoms with Crippen LogP contribution in [0.5, 0.6) is 0 Å². The lowest BCUT2D eigenvalue weighted by Gasteiger charge is -2.15. The van der Waals surface area contributed by atoms with Gasteiger partial charge in [-0.1, -0.05) is 13.0 Å². The van der Waals surface area contributed by atoms with Crippen LogP contribution in [0.3, 0.4) is 0 Å². The SMILES string of the molecule is CCSC1CCC(Nc2cccc(C(F)(F)F)n2)C1. The number of rotatable bonds is 4. The molecule has 1 N–H and O–H groups in total. The summed E-state index contributed by atoms with van der Waals surface area (Å²) in [7, 11) is 0. The summed E-state index contributed by atoms with van der Waals surface area (Å²) < 4.78 is 37.7. The van der Waals surface area contributed by atoms with Gasteiger partial charge in [0.1, 0.15) is 11.5 Å². The van der Waals surface area contributed by atoms with Gasteiger partial charge < -0.3 is 5.32 Å². The van der Waals surface area contributed by atoms with Crippen molar-refractivity contribution in [1.82, 2.24) is 4.98 Å². The molecule has 1 aromatic rings. The van der Waals surface area contributed by atoms with Gasteiger partial charge in [-0.3, -0.25) is 0 Å². The largest absolute Gasteiger partial charge is 0.433 e. The van der Waals surface area contributed by atoms with Crippen molar-refractivity contribution >= 4 is 17.6 Å². The van der Waals surface area contributed by atoms with E-state index < -0.39 is 11.9 Å². The van der Waals surface area contributed by atoms with Crippen molar-refractivity contribution in [3.05, 3.63) is 23.9 Å². The Balaban J connectivity index is 1.97. The van der Waals surface area contributed by atoms with Gasteiger partial charge in [0.2, 0.25) is 0 Å². The standard InChI is InChI=1S/C13H17F3N2S/c1-2-19-10-7-6-9(8-10)17-12-5-3-4-11(18-12)13(14,15)16/h3-5,9-10H,2,6-8H2,1H3,(H,17,18). The van der Waals surface area contributed by atoms with Gasteiger partial charge in [-0.15, -0.1) is 0 Å². The number of aromatic nitrogens is 1. The van der Waals surface area contributed by atoms with Crippen molar-refractivity contribution in [3.63, 3.8) is 0 Å². The zero-order valence-electron chi connectivity index (χ0n) is 10.7. The fourth-order valence-corrected chi connectivity index (χ4v) is 3.48. The maximum Gasteiger partial charge on any atom is 0.433 e. The Labute approximate surface area is 115 Å². The highest BCUT2D eigenvalue weighted by Crippen LogP contribution is 2.32.